The fourth-order valence-corrected chi connectivity index (χ4v) is 2.47. The van der Waals surface area contributed by atoms with E-state index < -0.39 is 11.8 Å². The lowest BCUT2D eigenvalue weighted by Gasteiger charge is -2.32. The van der Waals surface area contributed by atoms with E-state index in [2.05, 4.69) is 10.3 Å². The first kappa shape index (κ1) is 15.2. The van der Waals surface area contributed by atoms with Crippen molar-refractivity contribution in [3.05, 3.63) is 60.4 Å². The van der Waals surface area contributed by atoms with Crippen LogP contribution in [0.5, 0.6) is 0 Å². The van der Waals surface area contributed by atoms with Crippen molar-refractivity contribution in [3.8, 4) is 0 Å². The van der Waals surface area contributed by atoms with E-state index in [1.807, 2.05) is 30.3 Å². The number of anilines is 1. The molecule has 1 aromatic carbocycles. The third-order valence-corrected chi connectivity index (χ3v) is 3.64. The highest BCUT2D eigenvalue weighted by Gasteiger charge is 2.29. The molecule has 118 valence electrons. The van der Waals surface area contributed by atoms with Gasteiger partial charge in [0.1, 0.15) is 6.10 Å². The maximum atomic E-state index is 12.3. The van der Waals surface area contributed by atoms with Crippen LogP contribution in [-0.4, -0.2) is 41.4 Å². The number of nitrogens with zero attached hydrogens (tertiary/aromatic N) is 2. The minimum Gasteiger partial charge on any atom is -0.370 e. The minimum atomic E-state index is -0.660. The summed E-state index contributed by atoms with van der Waals surface area (Å²) in [5.41, 5.74) is 1.50. The van der Waals surface area contributed by atoms with Crippen LogP contribution in [0, 0.1) is 0 Å². The van der Waals surface area contributed by atoms with Crippen LogP contribution < -0.4 is 5.32 Å². The SMILES string of the molecule is O=C(Nc1cccnc1)C(=O)N1CCOC(c2ccccc2)C1. The Morgan fingerprint density at radius 3 is 2.74 bits per heavy atom. The van der Waals surface area contributed by atoms with Crippen molar-refractivity contribution in [2.45, 2.75) is 6.10 Å². The van der Waals surface area contributed by atoms with Gasteiger partial charge in [0.2, 0.25) is 0 Å². The molecule has 0 aliphatic carbocycles. The molecule has 0 radical (unpaired) electrons. The Morgan fingerprint density at radius 2 is 2.00 bits per heavy atom. The molecule has 23 heavy (non-hydrogen) atoms. The van der Waals surface area contributed by atoms with E-state index in [0.29, 0.717) is 25.4 Å². The Hall–Kier alpha value is -2.73. The van der Waals surface area contributed by atoms with Crippen LogP contribution in [0.4, 0.5) is 5.69 Å². The summed E-state index contributed by atoms with van der Waals surface area (Å²) in [5.74, 6) is -1.22. The summed E-state index contributed by atoms with van der Waals surface area (Å²) < 4.78 is 5.71. The quantitative estimate of drug-likeness (QED) is 0.856. The number of hydrogen-bond donors (Lipinski definition) is 1. The molecular formula is C17H17N3O3. The molecule has 1 aromatic heterocycles. The topological polar surface area (TPSA) is 71.5 Å². The zero-order valence-corrected chi connectivity index (χ0v) is 12.5. The van der Waals surface area contributed by atoms with Gasteiger partial charge in [-0.15, -0.1) is 0 Å². The van der Waals surface area contributed by atoms with Crippen LogP contribution in [-0.2, 0) is 14.3 Å². The van der Waals surface area contributed by atoms with E-state index in [-0.39, 0.29) is 6.10 Å². The van der Waals surface area contributed by atoms with E-state index >= 15 is 0 Å². The van der Waals surface area contributed by atoms with Gasteiger partial charge in [-0.3, -0.25) is 14.6 Å². The lowest BCUT2D eigenvalue weighted by molar-refractivity contribution is -0.148. The molecule has 2 aromatic rings. The monoisotopic (exact) mass is 311 g/mol. The zero-order chi connectivity index (χ0) is 16.1. The average Bonchev–Trinajstić information content (AvgIpc) is 2.63. The molecule has 1 aliphatic rings. The number of morpholine rings is 1. The molecule has 1 unspecified atom stereocenters. The van der Waals surface area contributed by atoms with Gasteiger partial charge in [-0.2, -0.15) is 0 Å². The second-order valence-electron chi connectivity index (χ2n) is 5.22. The van der Waals surface area contributed by atoms with Crippen molar-refractivity contribution in [2.24, 2.45) is 0 Å². The van der Waals surface area contributed by atoms with Gasteiger partial charge in [0.05, 0.1) is 25.0 Å². The number of aromatic nitrogens is 1. The largest absolute Gasteiger partial charge is 0.370 e. The zero-order valence-electron chi connectivity index (χ0n) is 12.5. The Balaban J connectivity index is 1.64. The maximum absolute atomic E-state index is 12.3. The number of pyridine rings is 1. The summed E-state index contributed by atoms with van der Waals surface area (Å²) in [6.45, 7) is 1.18. The molecule has 2 amide bonds. The molecule has 1 aliphatic heterocycles. The summed E-state index contributed by atoms with van der Waals surface area (Å²) in [6, 6.07) is 13.1. The first-order chi connectivity index (χ1) is 11.2. The molecule has 2 heterocycles. The molecule has 6 heteroatoms. The van der Waals surface area contributed by atoms with Crippen molar-refractivity contribution >= 4 is 17.5 Å². The van der Waals surface area contributed by atoms with E-state index in [1.54, 1.807) is 18.3 Å². The Morgan fingerprint density at radius 1 is 1.17 bits per heavy atom. The fraction of sp³-hybridized carbons (Fsp3) is 0.235. The number of carbonyl (C=O) groups excluding carboxylic acids is 2. The standard InChI is InChI=1S/C17H17N3O3/c21-16(19-14-7-4-8-18-11-14)17(22)20-9-10-23-15(12-20)13-5-2-1-3-6-13/h1-8,11,15H,9-10,12H2,(H,19,21). The Bertz CT molecular complexity index is 676. The maximum Gasteiger partial charge on any atom is 0.313 e. The number of nitrogens with one attached hydrogen (secondary N) is 1. The molecule has 1 atom stereocenters. The lowest BCUT2D eigenvalue weighted by Crippen LogP contribution is -2.46. The minimum absolute atomic E-state index is 0.208. The summed E-state index contributed by atoms with van der Waals surface area (Å²) in [6.07, 6.45) is 2.89. The third-order valence-electron chi connectivity index (χ3n) is 3.64. The van der Waals surface area contributed by atoms with Crippen LogP contribution >= 0.6 is 0 Å². The smallest absolute Gasteiger partial charge is 0.313 e. The Kier molecular flexibility index (Phi) is 4.63. The van der Waals surface area contributed by atoms with Crippen molar-refractivity contribution in [1.82, 2.24) is 9.88 Å². The van der Waals surface area contributed by atoms with Crippen LogP contribution in [0.1, 0.15) is 11.7 Å². The first-order valence-electron chi connectivity index (χ1n) is 7.41. The summed E-state index contributed by atoms with van der Waals surface area (Å²) >= 11 is 0. The molecule has 0 bridgehead atoms. The number of benzene rings is 1. The van der Waals surface area contributed by atoms with E-state index in [0.717, 1.165) is 5.56 Å². The normalized spacial score (nSPS) is 17.6. The van der Waals surface area contributed by atoms with E-state index in [9.17, 15) is 9.59 Å². The highest BCUT2D eigenvalue weighted by atomic mass is 16.5. The van der Waals surface area contributed by atoms with Crippen LogP contribution in [0.2, 0.25) is 0 Å². The van der Waals surface area contributed by atoms with Gasteiger partial charge in [-0.1, -0.05) is 30.3 Å². The molecule has 0 spiro atoms. The predicted octanol–water partition coefficient (Wildman–Crippen LogP) is 1.62. The number of carbonyl (C=O) groups is 2. The lowest BCUT2D eigenvalue weighted by atomic mass is 10.1. The summed E-state index contributed by atoms with van der Waals surface area (Å²) in [4.78, 5) is 29.8. The van der Waals surface area contributed by atoms with E-state index in [1.165, 1.54) is 11.1 Å². The molecule has 0 saturated carbocycles. The summed E-state index contributed by atoms with van der Waals surface area (Å²) in [5, 5.41) is 2.56. The summed E-state index contributed by atoms with van der Waals surface area (Å²) in [7, 11) is 0. The van der Waals surface area contributed by atoms with Gasteiger partial charge in [0.25, 0.3) is 0 Å². The first-order valence-corrected chi connectivity index (χ1v) is 7.41. The van der Waals surface area contributed by atoms with Crippen molar-refractivity contribution in [2.75, 3.05) is 25.0 Å². The second kappa shape index (κ2) is 7.02. The van der Waals surface area contributed by atoms with Crippen molar-refractivity contribution < 1.29 is 14.3 Å². The average molecular weight is 311 g/mol. The highest BCUT2D eigenvalue weighted by Crippen LogP contribution is 2.22. The molecular weight excluding hydrogens is 294 g/mol. The van der Waals surface area contributed by atoms with Gasteiger partial charge >= 0.3 is 11.8 Å². The predicted molar refractivity (Wildman–Crippen MR) is 84.6 cm³/mol. The number of hydrogen-bond acceptors (Lipinski definition) is 4. The van der Waals surface area contributed by atoms with Crippen molar-refractivity contribution in [3.63, 3.8) is 0 Å². The third kappa shape index (κ3) is 3.73. The second-order valence-corrected chi connectivity index (χ2v) is 5.22. The molecule has 1 saturated heterocycles. The molecule has 1 N–H and O–H groups in total. The van der Waals surface area contributed by atoms with Gasteiger partial charge in [0, 0.05) is 12.7 Å². The van der Waals surface area contributed by atoms with Gasteiger partial charge < -0.3 is 15.0 Å². The Labute approximate surface area is 134 Å². The van der Waals surface area contributed by atoms with E-state index in [4.69, 9.17) is 4.74 Å². The molecule has 3 rings (SSSR count). The van der Waals surface area contributed by atoms with Crippen LogP contribution in [0.25, 0.3) is 0 Å². The molecule has 6 nitrogen and oxygen atoms in total. The number of ether oxygens (including phenoxy) is 1. The van der Waals surface area contributed by atoms with Gasteiger partial charge in [-0.25, -0.2) is 0 Å². The van der Waals surface area contributed by atoms with Crippen LogP contribution in [0.15, 0.2) is 54.9 Å². The van der Waals surface area contributed by atoms with Crippen molar-refractivity contribution in [1.29, 1.82) is 0 Å². The van der Waals surface area contributed by atoms with Gasteiger partial charge in [-0.05, 0) is 17.7 Å². The highest BCUT2D eigenvalue weighted by molar-refractivity contribution is 6.39. The van der Waals surface area contributed by atoms with Gasteiger partial charge in [0.15, 0.2) is 0 Å². The number of amides is 2. The number of rotatable bonds is 2. The van der Waals surface area contributed by atoms with Crippen LogP contribution in [0.3, 0.4) is 0 Å². The fourth-order valence-electron chi connectivity index (χ4n) is 2.47. The molecule has 1 fully saturated rings.